The van der Waals surface area contributed by atoms with E-state index >= 15 is 0 Å². The maximum atomic E-state index is 11.1. The number of benzene rings is 2. The minimum atomic E-state index is -3.29. The van der Waals surface area contributed by atoms with Crippen LogP contribution in [0.2, 0.25) is 0 Å². The van der Waals surface area contributed by atoms with Gasteiger partial charge in [-0.15, -0.1) is 0 Å². The Balaban J connectivity index is 0.00000312. The number of hydrogen-bond donors (Lipinski definition) is 3. The van der Waals surface area contributed by atoms with E-state index in [1.165, 1.54) is 0 Å². The van der Waals surface area contributed by atoms with Crippen molar-refractivity contribution >= 4 is 45.3 Å². The van der Waals surface area contributed by atoms with Gasteiger partial charge in [0.2, 0.25) is 10.0 Å². The molecule has 1 unspecified atom stereocenters. The molecule has 0 aliphatic heterocycles. The second kappa shape index (κ2) is 10.8. The van der Waals surface area contributed by atoms with Gasteiger partial charge in [-0.25, -0.2) is 8.42 Å². The Morgan fingerprint density at radius 3 is 2.32 bits per heavy atom. The summed E-state index contributed by atoms with van der Waals surface area (Å²) in [5.74, 6) is 0.814. The fourth-order valence-corrected chi connectivity index (χ4v) is 2.67. The number of sulfonamides is 1. The van der Waals surface area contributed by atoms with Crippen molar-refractivity contribution in [2.24, 2.45) is 0 Å². The minimum absolute atomic E-state index is 0. The van der Waals surface area contributed by atoms with Crippen LogP contribution >= 0.6 is 0 Å². The monoisotopic (exact) mass is 373 g/mol. The first-order valence-electron chi connectivity index (χ1n) is 7.58. The van der Waals surface area contributed by atoms with Crippen LogP contribution in [0.4, 0.5) is 5.69 Å². The summed E-state index contributed by atoms with van der Waals surface area (Å²) in [4.78, 5) is 0. The molecular weight excluding hydrogens is 351 g/mol. The van der Waals surface area contributed by atoms with Gasteiger partial charge in [0, 0.05) is 48.3 Å². The van der Waals surface area contributed by atoms with E-state index in [1.54, 1.807) is 24.3 Å². The van der Waals surface area contributed by atoms with Gasteiger partial charge < -0.3 is 15.2 Å². The third-order valence-electron chi connectivity index (χ3n) is 3.23. The Hall–Kier alpha value is -1.09. The molecule has 0 heterocycles. The van der Waals surface area contributed by atoms with E-state index in [-0.39, 0.29) is 29.6 Å². The van der Waals surface area contributed by atoms with Crippen molar-refractivity contribution in [1.82, 2.24) is 5.32 Å². The fourth-order valence-electron chi connectivity index (χ4n) is 2.10. The van der Waals surface area contributed by atoms with Crippen molar-refractivity contribution in [1.29, 1.82) is 0 Å². The zero-order valence-corrected chi connectivity index (χ0v) is 17.3. The predicted molar refractivity (Wildman–Crippen MR) is 100 cm³/mol. The van der Waals surface area contributed by atoms with Gasteiger partial charge in [-0.2, -0.15) is 0 Å². The van der Waals surface area contributed by atoms with E-state index in [0.717, 1.165) is 12.0 Å². The number of rotatable bonds is 9. The molecule has 2 aromatic rings. The van der Waals surface area contributed by atoms with E-state index in [1.807, 2.05) is 30.3 Å². The molecule has 6 nitrogen and oxygen atoms in total. The topological polar surface area (TPSA) is 87.7 Å². The Labute approximate surface area is 170 Å². The van der Waals surface area contributed by atoms with Crippen molar-refractivity contribution in [3.05, 3.63) is 60.2 Å². The summed E-state index contributed by atoms with van der Waals surface area (Å²) >= 11 is 0. The van der Waals surface area contributed by atoms with E-state index in [4.69, 9.17) is 4.74 Å². The Morgan fingerprint density at radius 1 is 1.08 bits per heavy atom. The molecule has 8 heteroatoms. The smallest absolute Gasteiger partial charge is 0.229 e. The van der Waals surface area contributed by atoms with Crippen LogP contribution in [0.5, 0.6) is 5.75 Å². The SMILES string of the molecule is CS(=O)(=O)Nc1ccc(C(O)CNCCOc2ccccc2)cc1.[Na]. The summed E-state index contributed by atoms with van der Waals surface area (Å²) in [6, 6.07) is 16.2. The number of hydrogen-bond acceptors (Lipinski definition) is 5. The standard InChI is InChI=1S/C17H22N2O4S.Na/c1-24(21,22)19-15-9-7-14(8-10-15)17(20)13-18-11-12-23-16-5-3-2-4-6-16;/h2-10,17-20H,11-13H2,1H3;. The van der Waals surface area contributed by atoms with Crippen LogP contribution in [0.3, 0.4) is 0 Å². The summed E-state index contributed by atoms with van der Waals surface area (Å²) < 4.78 is 30.2. The number of aliphatic hydroxyl groups is 1. The van der Waals surface area contributed by atoms with Gasteiger partial charge in [-0.05, 0) is 29.8 Å². The van der Waals surface area contributed by atoms with Gasteiger partial charge in [-0.1, -0.05) is 30.3 Å². The summed E-state index contributed by atoms with van der Waals surface area (Å²) in [6.07, 6.45) is 0.422. The summed E-state index contributed by atoms with van der Waals surface area (Å²) in [5, 5.41) is 13.2. The first kappa shape index (κ1) is 22.0. The minimum Gasteiger partial charge on any atom is -0.492 e. The molecule has 0 fully saturated rings. The molecule has 0 saturated carbocycles. The molecule has 0 amide bonds. The number of anilines is 1. The predicted octanol–water partition coefficient (Wildman–Crippen LogP) is 1.38. The quantitative estimate of drug-likeness (QED) is 0.457. The molecule has 1 atom stereocenters. The number of nitrogens with one attached hydrogen (secondary N) is 2. The van der Waals surface area contributed by atoms with Crippen molar-refractivity contribution in [3.8, 4) is 5.75 Å². The van der Waals surface area contributed by atoms with Crippen LogP contribution < -0.4 is 14.8 Å². The molecular formula is C17H22N2NaO4S. The van der Waals surface area contributed by atoms with Crippen LogP contribution in [-0.4, -0.2) is 69.0 Å². The van der Waals surface area contributed by atoms with Crippen molar-refractivity contribution in [2.75, 3.05) is 30.7 Å². The number of aliphatic hydroxyl groups excluding tert-OH is 1. The molecule has 0 spiro atoms. The average Bonchev–Trinajstić information content (AvgIpc) is 2.54. The second-order valence-corrected chi connectivity index (χ2v) is 7.13. The second-order valence-electron chi connectivity index (χ2n) is 5.38. The molecule has 2 rings (SSSR count). The summed E-state index contributed by atoms with van der Waals surface area (Å²) in [6.45, 7) is 1.50. The van der Waals surface area contributed by atoms with E-state index in [9.17, 15) is 13.5 Å². The Kier molecular flexibility index (Phi) is 9.48. The summed E-state index contributed by atoms with van der Waals surface area (Å²) in [5.41, 5.74) is 1.18. The van der Waals surface area contributed by atoms with E-state index < -0.39 is 16.1 Å². The third kappa shape index (κ3) is 8.71. The van der Waals surface area contributed by atoms with Gasteiger partial charge in [0.1, 0.15) is 12.4 Å². The maximum Gasteiger partial charge on any atom is 0.229 e. The third-order valence-corrected chi connectivity index (χ3v) is 3.83. The van der Waals surface area contributed by atoms with Gasteiger partial charge in [0.15, 0.2) is 0 Å². The van der Waals surface area contributed by atoms with Crippen LogP contribution in [0.25, 0.3) is 0 Å². The average molecular weight is 373 g/mol. The molecule has 0 saturated heterocycles. The van der Waals surface area contributed by atoms with Gasteiger partial charge >= 0.3 is 0 Å². The largest absolute Gasteiger partial charge is 0.492 e. The zero-order chi connectivity index (χ0) is 17.4. The fraction of sp³-hybridized carbons (Fsp3) is 0.294. The molecule has 3 N–H and O–H groups in total. The number of ether oxygens (including phenoxy) is 1. The summed E-state index contributed by atoms with van der Waals surface area (Å²) in [7, 11) is -3.29. The van der Waals surface area contributed by atoms with Crippen molar-refractivity contribution in [3.63, 3.8) is 0 Å². The molecule has 1 radical (unpaired) electrons. The first-order valence-corrected chi connectivity index (χ1v) is 9.47. The van der Waals surface area contributed by atoms with Crippen molar-refractivity contribution in [2.45, 2.75) is 6.10 Å². The zero-order valence-electron chi connectivity index (χ0n) is 14.5. The molecule has 131 valence electrons. The van der Waals surface area contributed by atoms with Crippen LogP contribution in [0.1, 0.15) is 11.7 Å². The molecule has 2 aromatic carbocycles. The molecule has 0 bridgehead atoms. The first-order chi connectivity index (χ1) is 11.4. The van der Waals surface area contributed by atoms with Gasteiger partial charge in [-0.3, -0.25) is 4.72 Å². The van der Waals surface area contributed by atoms with Gasteiger partial charge in [0.25, 0.3) is 0 Å². The molecule has 25 heavy (non-hydrogen) atoms. The number of para-hydroxylation sites is 1. The van der Waals surface area contributed by atoms with E-state index in [0.29, 0.717) is 30.9 Å². The van der Waals surface area contributed by atoms with Crippen LogP contribution in [0, 0.1) is 0 Å². The molecule has 0 aliphatic rings. The Bertz CT molecular complexity index is 724. The van der Waals surface area contributed by atoms with E-state index in [2.05, 4.69) is 10.0 Å². The molecule has 0 aromatic heterocycles. The normalized spacial score (nSPS) is 12.1. The van der Waals surface area contributed by atoms with Crippen molar-refractivity contribution < 1.29 is 18.3 Å². The van der Waals surface area contributed by atoms with Crippen LogP contribution in [0.15, 0.2) is 54.6 Å². The van der Waals surface area contributed by atoms with Gasteiger partial charge in [0.05, 0.1) is 12.4 Å². The van der Waals surface area contributed by atoms with Crippen LogP contribution in [-0.2, 0) is 10.0 Å². The molecule has 0 aliphatic carbocycles. The maximum absolute atomic E-state index is 11.1. The Morgan fingerprint density at radius 2 is 1.72 bits per heavy atom.